The van der Waals surface area contributed by atoms with Crippen molar-refractivity contribution in [2.24, 2.45) is 4.99 Å². The molecule has 0 amide bonds. The third-order valence-corrected chi connectivity index (χ3v) is 4.42. The van der Waals surface area contributed by atoms with Gasteiger partial charge in [-0.15, -0.1) is 24.0 Å². The summed E-state index contributed by atoms with van der Waals surface area (Å²) >= 11 is 5.96. The van der Waals surface area contributed by atoms with Gasteiger partial charge in [0.1, 0.15) is 5.76 Å². The fourth-order valence-electron chi connectivity index (χ4n) is 2.87. The first kappa shape index (κ1) is 22.8. The van der Waals surface area contributed by atoms with Crippen LogP contribution in [-0.2, 0) is 0 Å². The third kappa shape index (κ3) is 6.16. The molecule has 26 heavy (non-hydrogen) atoms. The number of guanidine groups is 1. The van der Waals surface area contributed by atoms with Crippen molar-refractivity contribution in [3.05, 3.63) is 51.9 Å². The van der Waals surface area contributed by atoms with Crippen LogP contribution in [0.1, 0.15) is 55.3 Å². The average Bonchev–Trinajstić information content (AvgIpc) is 2.92. The lowest BCUT2D eigenvalue weighted by Gasteiger charge is -2.19. The number of benzene rings is 1. The van der Waals surface area contributed by atoms with E-state index in [0.717, 1.165) is 40.1 Å². The molecular weight excluding hydrogens is 463 g/mol. The molecule has 1 heterocycles. The Hall–Kier alpha value is -1.28. The highest BCUT2D eigenvalue weighted by atomic mass is 127. The first-order valence-corrected chi connectivity index (χ1v) is 9.03. The van der Waals surface area contributed by atoms with Crippen LogP contribution < -0.4 is 10.6 Å². The topological polar surface area (TPSA) is 62.5 Å². The van der Waals surface area contributed by atoms with E-state index in [-0.39, 0.29) is 35.9 Å². The monoisotopic (exact) mass is 490 g/mol. The van der Waals surface area contributed by atoms with Crippen molar-refractivity contribution in [1.82, 2.24) is 15.8 Å². The quantitative estimate of drug-likeness (QED) is 0.340. The Morgan fingerprint density at radius 1 is 1.23 bits per heavy atom. The molecule has 7 heteroatoms. The molecule has 1 aromatic heterocycles. The van der Waals surface area contributed by atoms with Gasteiger partial charge in [0.05, 0.1) is 11.7 Å². The Morgan fingerprint density at radius 3 is 2.42 bits per heavy atom. The van der Waals surface area contributed by atoms with Gasteiger partial charge in [-0.2, -0.15) is 0 Å². The number of hydrogen-bond acceptors (Lipinski definition) is 3. The summed E-state index contributed by atoms with van der Waals surface area (Å²) in [4.78, 5) is 4.73. The molecule has 2 rings (SSSR count). The fraction of sp³-hybridized carbons (Fsp3) is 0.474. The van der Waals surface area contributed by atoms with Crippen LogP contribution in [0.3, 0.4) is 0 Å². The Morgan fingerprint density at radius 2 is 1.88 bits per heavy atom. The van der Waals surface area contributed by atoms with Gasteiger partial charge in [-0.3, -0.25) is 4.99 Å². The molecule has 0 aliphatic rings. The number of hydrogen-bond donors (Lipinski definition) is 2. The van der Waals surface area contributed by atoms with Crippen LogP contribution in [0.25, 0.3) is 0 Å². The van der Waals surface area contributed by atoms with Gasteiger partial charge in [0, 0.05) is 29.6 Å². The SMILES string of the molecule is CCNC(=NCC(C)c1c(C)noc1C)NC(C)c1ccc(Cl)cc1.I. The fourth-order valence-corrected chi connectivity index (χ4v) is 3.00. The molecule has 0 aliphatic heterocycles. The van der Waals surface area contributed by atoms with Crippen molar-refractivity contribution in [3.8, 4) is 0 Å². The van der Waals surface area contributed by atoms with Gasteiger partial charge < -0.3 is 15.2 Å². The van der Waals surface area contributed by atoms with Crippen LogP contribution in [-0.4, -0.2) is 24.2 Å². The molecule has 0 aliphatic carbocycles. The maximum Gasteiger partial charge on any atom is 0.191 e. The minimum absolute atomic E-state index is 0. The van der Waals surface area contributed by atoms with Crippen LogP contribution >= 0.6 is 35.6 Å². The molecule has 0 spiro atoms. The number of aryl methyl sites for hydroxylation is 2. The van der Waals surface area contributed by atoms with Gasteiger partial charge >= 0.3 is 0 Å². The first-order valence-electron chi connectivity index (χ1n) is 8.65. The molecule has 2 atom stereocenters. The minimum Gasteiger partial charge on any atom is -0.361 e. The molecule has 0 bridgehead atoms. The highest BCUT2D eigenvalue weighted by molar-refractivity contribution is 14.0. The molecule has 2 aromatic rings. The highest BCUT2D eigenvalue weighted by Gasteiger charge is 2.16. The summed E-state index contributed by atoms with van der Waals surface area (Å²) < 4.78 is 5.26. The van der Waals surface area contributed by atoms with E-state index in [4.69, 9.17) is 21.1 Å². The Kier molecular flexibility index (Phi) is 9.43. The van der Waals surface area contributed by atoms with Crippen molar-refractivity contribution in [2.45, 2.75) is 46.6 Å². The summed E-state index contributed by atoms with van der Waals surface area (Å²) in [6, 6.07) is 7.98. The lowest BCUT2D eigenvalue weighted by Crippen LogP contribution is -2.39. The van der Waals surface area contributed by atoms with Crippen molar-refractivity contribution in [3.63, 3.8) is 0 Å². The summed E-state index contributed by atoms with van der Waals surface area (Å²) in [5.41, 5.74) is 3.24. The first-order chi connectivity index (χ1) is 11.9. The van der Waals surface area contributed by atoms with E-state index in [1.54, 1.807) is 0 Å². The largest absolute Gasteiger partial charge is 0.361 e. The molecule has 0 fully saturated rings. The zero-order valence-electron chi connectivity index (χ0n) is 16.0. The molecular formula is C19H28ClIN4O. The lowest BCUT2D eigenvalue weighted by atomic mass is 10.00. The zero-order valence-corrected chi connectivity index (χ0v) is 19.1. The normalized spacial score (nSPS) is 13.7. The second-order valence-electron chi connectivity index (χ2n) is 6.28. The molecule has 2 N–H and O–H groups in total. The molecule has 5 nitrogen and oxygen atoms in total. The van der Waals surface area contributed by atoms with Gasteiger partial charge in [-0.1, -0.05) is 35.8 Å². The smallest absolute Gasteiger partial charge is 0.191 e. The van der Waals surface area contributed by atoms with Crippen molar-refractivity contribution in [1.29, 1.82) is 0 Å². The number of rotatable bonds is 6. The van der Waals surface area contributed by atoms with Crippen LogP contribution in [0, 0.1) is 13.8 Å². The summed E-state index contributed by atoms with van der Waals surface area (Å²) in [6.07, 6.45) is 0. The van der Waals surface area contributed by atoms with Gasteiger partial charge in [-0.05, 0) is 45.4 Å². The summed E-state index contributed by atoms with van der Waals surface area (Å²) in [5.74, 6) is 1.91. The van der Waals surface area contributed by atoms with Crippen molar-refractivity contribution < 1.29 is 4.52 Å². The van der Waals surface area contributed by atoms with E-state index in [1.165, 1.54) is 0 Å². The van der Waals surface area contributed by atoms with Crippen LogP contribution in [0.15, 0.2) is 33.8 Å². The molecule has 2 unspecified atom stereocenters. The van der Waals surface area contributed by atoms with E-state index >= 15 is 0 Å². The second kappa shape index (κ2) is 10.8. The van der Waals surface area contributed by atoms with Crippen LogP contribution in [0.4, 0.5) is 0 Å². The van der Waals surface area contributed by atoms with E-state index in [9.17, 15) is 0 Å². The molecule has 0 radical (unpaired) electrons. The van der Waals surface area contributed by atoms with E-state index in [0.29, 0.717) is 6.54 Å². The van der Waals surface area contributed by atoms with Gasteiger partial charge in [0.15, 0.2) is 5.96 Å². The van der Waals surface area contributed by atoms with Crippen molar-refractivity contribution >= 4 is 41.5 Å². The second-order valence-corrected chi connectivity index (χ2v) is 6.71. The van der Waals surface area contributed by atoms with Gasteiger partial charge in [-0.25, -0.2) is 0 Å². The molecule has 144 valence electrons. The third-order valence-electron chi connectivity index (χ3n) is 4.17. The Labute approximate surface area is 178 Å². The maximum atomic E-state index is 5.96. The predicted octanol–water partition coefficient (Wildman–Crippen LogP) is 4.98. The van der Waals surface area contributed by atoms with Crippen LogP contribution in [0.5, 0.6) is 0 Å². The zero-order chi connectivity index (χ0) is 18.4. The Bertz CT molecular complexity index is 695. The van der Waals surface area contributed by atoms with E-state index in [1.807, 2.05) is 38.1 Å². The lowest BCUT2D eigenvalue weighted by molar-refractivity contribution is 0.391. The number of aliphatic imine (C=N–C) groups is 1. The van der Waals surface area contributed by atoms with Crippen LogP contribution in [0.2, 0.25) is 5.02 Å². The van der Waals surface area contributed by atoms with Crippen molar-refractivity contribution in [2.75, 3.05) is 13.1 Å². The number of nitrogens with zero attached hydrogens (tertiary/aromatic N) is 2. The predicted molar refractivity (Wildman–Crippen MR) is 119 cm³/mol. The van der Waals surface area contributed by atoms with Gasteiger partial charge in [0.2, 0.25) is 0 Å². The summed E-state index contributed by atoms with van der Waals surface area (Å²) in [6.45, 7) is 11.7. The summed E-state index contributed by atoms with van der Waals surface area (Å²) in [5, 5.41) is 11.5. The minimum atomic E-state index is 0. The number of halogens is 2. The molecule has 0 saturated heterocycles. The average molecular weight is 491 g/mol. The Balaban J connectivity index is 0.00000338. The number of nitrogens with one attached hydrogen (secondary N) is 2. The molecule has 0 saturated carbocycles. The molecule has 1 aromatic carbocycles. The summed E-state index contributed by atoms with van der Waals surface area (Å²) in [7, 11) is 0. The maximum absolute atomic E-state index is 5.96. The highest BCUT2D eigenvalue weighted by Crippen LogP contribution is 2.23. The number of aromatic nitrogens is 1. The van der Waals surface area contributed by atoms with Gasteiger partial charge in [0.25, 0.3) is 0 Å². The van der Waals surface area contributed by atoms with E-state index in [2.05, 4.69) is 36.6 Å². The van der Waals surface area contributed by atoms with E-state index < -0.39 is 0 Å². The standard InChI is InChI=1S/C19H27ClN4O.HI/c1-6-21-19(23-13(3)16-7-9-17(20)10-8-16)22-11-12(2)18-14(4)24-25-15(18)5;/h7-10,12-13H,6,11H2,1-5H3,(H2,21,22,23);1H.